The topological polar surface area (TPSA) is 18.5 Å². The van der Waals surface area contributed by atoms with Gasteiger partial charge in [0, 0.05) is 5.41 Å². The van der Waals surface area contributed by atoms with E-state index in [1.807, 2.05) is 0 Å². The molecule has 0 amide bonds. The Bertz CT molecular complexity index is 1090. The summed E-state index contributed by atoms with van der Waals surface area (Å²) < 4.78 is 12.8. The van der Waals surface area contributed by atoms with Gasteiger partial charge in [0.05, 0.1) is 11.2 Å². The molecule has 0 radical (unpaired) electrons. The molecule has 2 aliphatic rings. The van der Waals surface area contributed by atoms with Crippen LogP contribution in [0.4, 0.5) is 0 Å². The molecule has 3 aromatic carbocycles. The van der Waals surface area contributed by atoms with Crippen molar-refractivity contribution in [1.29, 1.82) is 0 Å². The number of rotatable bonds is 1. The highest BCUT2D eigenvalue weighted by Crippen LogP contribution is 2.50. The van der Waals surface area contributed by atoms with E-state index in [1.165, 1.54) is 33.0 Å². The standard InChI is InChI=1S/C25H27BO2/c1-23(2)19-12-9-13-21(26-27-24(3,4)25(5,6)28-26)22(19)18-14-16-10-7-8-11-17(16)15-20(18)23/h7-15H,1-6H3. The van der Waals surface area contributed by atoms with Gasteiger partial charge in [-0.25, -0.2) is 0 Å². The lowest BCUT2D eigenvalue weighted by molar-refractivity contribution is 0.00578. The first kappa shape index (κ1) is 18.0. The predicted molar refractivity (Wildman–Crippen MR) is 117 cm³/mol. The van der Waals surface area contributed by atoms with Crippen molar-refractivity contribution in [3.63, 3.8) is 0 Å². The summed E-state index contributed by atoms with van der Waals surface area (Å²) in [5, 5.41) is 2.56. The van der Waals surface area contributed by atoms with Gasteiger partial charge in [0.15, 0.2) is 0 Å². The summed E-state index contributed by atoms with van der Waals surface area (Å²) in [4.78, 5) is 0. The fraction of sp³-hybridized carbons (Fsp3) is 0.360. The van der Waals surface area contributed by atoms with Crippen molar-refractivity contribution in [2.75, 3.05) is 0 Å². The van der Waals surface area contributed by atoms with Crippen molar-refractivity contribution in [2.45, 2.75) is 58.2 Å². The second-order valence-electron chi connectivity index (χ2n) is 9.73. The molecule has 0 unspecified atom stereocenters. The molecule has 0 spiro atoms. The zero-order valence-electron chi connectivity index (χ0n) is 17.6. The zero-order valence-corrected chi connectivity index (χ0v) is 17.6. The summed E-state index contributed by atoms with van der Waals surface area (Å²) in [6.07, 6.45) is 0. The maximum Gasteiger partial charge on any atom is 0.495 e. The third-order valence-corrected chi connectivity index (χ3v) is 7.11. The third-order valence-electron chi connectivity index (χ3n) is 7.11. The number of hydrogen-bond acceptors (Lipinski definition) is 2. The van der Waals surface area contributed by atoms with Crippen LogP contribution >= 0.6 is 0 Å². The molecule has 28 heavy (non-hydrogen) atoms. The van der Waals surface area contributed by atoms with E-state index in [0.717, 1.165) is 5.46 Å². The van der Waals surface area contributed by atoms with Gasteiger partial charge < -0.3 is 9.31 Å². The van der Waals surface area contributed by atoms with Gasteiger partial charge in [0.2, 0.25) is 0 Å². The summed E-state index contributed by atoms with van der Waals surface area (Å²) in [6.45, 7) is 13.1. The molecule has 0 bridgehead atoms. The van der Waals surface area contributed by atoms with Crippen LogP contribution in [0.1, 0.15) is 52.7 Å². The number of fused-ring (bicyclic) bond motifs is 4. The van der Waals surface area contributed by atoms with Crippen LogP contribution in [0, 0.1) is 0 Å². The van der Waals surface area contributed by atoms with Gasteiger partial charge in [-0.3, -0.25) is 0 Å². The molecule has 3 heteroatoms. The average Bonchev–Trinajstić information content (AvgIpc) is 3.00. The Morgan fingerprint density at radius 3 is 1.93 bits per heavy atom. The van der Waals surface area contributed by atoms with E-state index in [1.54, 1.807) is 0 Å². The van der Waals surface area contributed by atoms with E-state index in [0.29, 0.717) is 0 Å². The Morgan fingerprint density at radius 2 is 1.29 bits per heavy atom. The van der Waals surface area contributed by atoms with Crippen LogP contribution in [0.3, 0.4) is 0 Å². The quantitative estimate of drug-likeness (QED) is 0.531. The Hall–Kier alpha value is -2.10. The Kier molecular flexibility index (Phi) is 3.52. The fourth-order valence-electron chi connectivity index (χ4n) is 4.67. The summed E-state index contributed by atoms with van der Waals surface area (Å²) in [7, 11) is -0.354. The van der Waals surface area contributed by atoms with Crippen LogP contribution in [0.5, 0.6) is 0 Å². The number of benzene rings is 3. The molecule has 3 aromatic rings. The zero-order chi connectivity index (χ0) is 19.9. The van der Waals surface area contributed by atoms with Crippen LogP contribution in [-0.2, 0) is 14.7 Å². The Labute approximate surface area is 168 Å². The van der Waals surface area contributed by atoms with Crippen molar-refractivity contribution in [2.24, 2.45) is 0 Å². The van der Waals surface area contributed by atoms with Crippen LogP contribution < -0.4 is 5.46 Å². The second-order valence-corrected chi connectivity index (χ2v) is 9.73. The largest absolute Gasteiger partial charge is 0.495 e. The molecule has 2 nitrogen and oxygen atoms in total. The van der Waals surface area contributed by atoms with Crippen LogP contribution in [0.15, 0.2) is 54.6 Å². The molecular weight excluding hydrogens is 343 g/mol. The van der Waals surface area contributed by atoms with Gasteiger partial charge in [-0.2, -0.15) is 0 Å². The minimum atomic E-state index is -0.354. The van der Waals surface area contributed by atoms with E-state index in [2.05, 4.69) is 96.1 Å². The molecular formula is C25H27BO2. The summed E-state index contributed by atoms with van der Waals surface area (Å²) in [5.41, 5.74) is 5.72. The van der Waals surface area contributed by atoms with Gasteiger partial charge in [-0.05, 0) is 78.3 Å². The summed E-state index contributed by atoms with van der Waals surface area (Å²) in [5.74, 6) is 0. The van der Waals surface area contributed by atoms with Crippen LogP contribution in [0.25, 0.3) is 21.9 Å². The van der Waals surface area contributed by atoms with Crippen molar-refractivity contribution >= 4 is 23.4 Å². The molecule has 5 rings (SSSR count). The molecule has 142 valence electrons. The first-order valence-corrected chi connectivity index (χ1v) is 10.1. The van der Waals surface area contributed by atoms with E-state index >= 15 is 0 Å². The maximum atomic E-state index is 6.42. The van der Waals surface area contributed by atoms with Gasteiger partial charge in [0.25, 0.3) is 0 Å². The molecule has 0 aromatic heterocycles. The third kappa shape index (κ3) is 2.30. The first-order valence-electron chi connectivity index (χ1n) is 10.1. The van der Waals surface area contributed by atoms with Crippen LogP contribution in [0.2, 0.25) is 0 Å². The lowest BCUT2D eigenvalue weighted by Crippen LogP contribution is -2.41. The van der Waals surface area contributed by atoms with Gasteiger partial charge in [0.1, 0.15) is 0 Å². The van der Waals surface area contributed by atoms with E-state index in [9.17, 15) is 0 Å². The van der Waals surface area contributed by atoms with Crippen molar-refractivity contribution in [1.82, 2.24) is 0 Å². The van der Waals surface area contributed by atoms with Crippen molar-refractivity contribution in [3.8, 4) is 11.1 Å². The molecule has 1 aliphatic heterocycles. The fourth-order valence-corrected chi connectivity index (χ4v) is 4.67. The lowest BCUT2D eigenvalue weighted by Gasteiger charge is -2.32. The smallest absolute Gasteiger partial charge is 0.399 e. The maximum absolute atomic E-state index is 6.42. The van der Waals surface area contributed by atoms with Gasteiger partial charge in [-0.15, -0.1) is 0 Å². The first-order chi connectivity index (χ1) is 13.1. The normalized spacial score (nSPS) is 21.0. The van der Waals surface area contributed by atoms with Gasteiger partial charge in [-0.1, -0.05) is 56.3 Å². The number of hydrogen-bond donors (Lipinski definition) is 0. The minimum absolute atomic E-state index is 0.0473. The molecule has 1 fully saturated rings. The monoisotopic (exact) mass is 370 g/mol. The SMILES string of the molecule is CC1(C)c2cc3ccccc3cc2-c2c(B3OC(C)(C)C(C)(C)O3)cccc21. The highest BCUT2D eigenvalue weighted by molar-refractivity contribution is 6.64. The van der Waals surface area contributed by atoms with Crippen molar-refractivity contribution < 1.29 is 9.31 Å². The van der Waals surface area contributed by atoms with E-state index in [-0.39, 0.29) is 23.7 Å². The molecule has 1 aliphatic carbocycles. The highest BCUT2D eigenvalue weighted by atomic mass is 16.7. The van der Waals surface area contributed by atoms with E-state index in [4.69, 9.17) is 9.31 Å². The molecule has 0 atom stereocenters. The lowest BCUT2D eigenvalue weighted by atomic mass is 9.73. The predicted octanol–water partition coefficient (Wildman–Crippen LogP) is 5.45. The second kappa shape index (κ2) is 5.49. The molecule has 1 heterocycles. The van der Waals surface area contributed by atoms with Crippen LogP contribution in [-0.4, -0.2) is 18.3 Å². The minimum Gasteiger partial charge on any atom is -0.399 e. The summed E-state index contributed by atoms with van der Waals surface area (Å²) in [6, 6.07) is 19.9. The summed E-state index contributed by atoms with van der Waals surface area (Å²) >= 11 is 0. The highest BCUT2D eigenvalue weighted by Gasteiger charge is 2.53. The van der Waals surface area contributed by atoms with Crippen molar-refractivity contribution in [3.05, 3.63) is 65.7 Å². The van der Waals surface area contributed by atoms with E-state index < -0.39 is 0 Å². The molecule has 1 saturated heterocycles. The Balaban J connectivity index is 1.75. The molecule has 0 N–H and O–H groups in total. The molecule has 0 saturated carbocycles. The Morgan fingerprint density at radius 1 is 0.679 bits per heavy atom. The van der Waals surface area contributed by atoms with Gasteiger partial charge >= 0.3 is 7.12 Å². The average molecular weight is 370 g/mol.